The van der Waals surface area contributed by atoms with Crippen molar-refractivity contribution in [3.05, 3.63) is 20.8 Å². The molecule has 1 aliphatic heterocycles. The van der Waals surface area contributed by atoms with Gasteiger partial charge in [0.15, 0.2) is 11.2 Å². The van der Waals surface area contributed by atoms with Crippen LogP contribution in [-0.2, 0) is 6.54 Å². The van der Waals surface area contributed by atoms with Gasteiger partial charge in [0, 0.05) is 26.2 Å². The molecule has 3 N–H and O–H groups in total. The monoisotopic (exact) mass is 288 g/mol. The molecule has 0 unspecified atom stereocenters. The van der Waals surface area contributed by atoms with Gasteiger partial charge in [0.25, 0.3) is 5.56 Å². The SMILES string of the molecule is CC#CCn1c(N2CCNCC2)nc2[nH]c(=O)[nH]c(=O)c21. The lowest BCUT2D eigenvalue weighted by Gasteiger charge is -2.28. The molecule has 3 rings (SSSR count). The second kappa shape index (κ2) is 5.46. The minimum absolute atomic E-state index is 0.301. The molecule has 1 saturated heterocycles. The molecular weight excluding hydrogens is 272 g/mol. The van der Waals surface area contributed by atoms with Gasteiger partial charge in [-0.3, -0.25) is 19.3 Å². The van der Waals surface area contributed by atoms with E-state index in [1.54, 1.807) is 11.5 Å². The molecule has 110 valence electrons. The third kappa shape index (κ3) is 2.43. The molecule has 0 aliphatic carbocycles. The van der Waals surface area contributed by atoms with Crippen molar-refractivity contribution in [1.82, 2.24) is 24.8 Å². The van der Waals surface area contributed by atoms with Crippen LogP contribution in [0, 0.1) is 11.8 Å². The number of aromatic nitrogens is 4. The van der Waals surface area contributed by atoms with Crippen LogP contribution in [0.2, 0.25) is 0 Å². The van der Waals surface area contributed by atoms with Gasteiger partial charge in [-0.15, -0.1) is 5.92 Å². The number of aromatic amines is 2. The number of nitrogens with one attached hydrogen (secondary N) is 3. The molecule has 0 spiro atoms. The number of fused-ring (bicyclic) bond motifs is 1. The van der Waals surface area contributed by atoms with E-state index in [2.05, 4.69) is 37.0 Å². The van der Waals surface area contributed by atoms with Crippen LogP contribution in [0.4, 0.5) is 5.95 Å². The first-order valence-electron chi connectivity index (χ1n) is 6.79. The maximum absolute atomic E-state index is 12.1. The highest BCUT2D eigenvalue weighted by Crippen LogP contribution is 2.18. The number of hydrogen-bond acceptors (Lipinski definition) is 5. The Morgan fingerprint density at radius 3 is 2.71 bits per heavy atom. The molecule has 8 nitrogen and oxygen atoms in total. The average Bonchev–Trinajstić information content (AvgIpc) is 2.84. The van der Waals surface area contributed by atoms with E-state index in [1.165, 1.54) is 0 Å². The predicted molar refractivity (Wildman–Crippen MR) is 79.5 cm³/mol. The summed E-state index contributed by atoms with van der Waals surface area (Å²) in [5, 5.41) is 3.27. The Morgan fingerprint density at radius 1 is 1.24 bits per heavy atom. The van der Waals surface area contributed by atoms with E-state index < -0.39 is 11.2 Å². The van der Waals surface area contributed by atoms with E-state index in [0.29, 0.717) is 23.7 Å². The van der Waals surface area contributed by atoms with Crippen LogP contribution < -0.4 is 21.5 Å². The highest BCUT2D eigenvalue weighted by molar-refractivity contribution is 5.73. The summed E-state index contributed by atoms with van der Waals surface area (Å²) in [5.41, 5.74) is -0.341. The van der Waals surface area contributed by atoms with Gasteiger partial charge in [0.2, 0.25) is 5.95 Å². The molecule has 0 radical (unpaired) electrons. The first-order chi connectivity index (χ1) is 10.2. The molecule has 1 fully saturated rings. The molecule has 0 saturated carbocycles. The Balaban J connectivity index is 2.21. The van der Waals surface area contributed by atoms with Crippen molar-refractivity contribution in [1.29, 1.82) is 0 Å². The number of anilines is 1. The van der Waals surface area contributed by atoms with Crippen LogP contribution in [-0.4, -0.2) is 45.7 Å². The van der Waals surface area contributed by atoms with Gasteiger partial charge < -0.3 is 10.2 Å². The molecule has 0 aromatic carbocycles. The lowest BCUT2D eigenvalue weighted by atomic mass is 10.4. The smallest absolute Gasteiger partial charge is 0.327 e. The second-order valence-electron chi connectivity index (χ2n) is 4.77. The maximum Gasteiger partial charge on any atom is 0.327 e. The van der Waals surface area contributed by atoms with Crippen molar-refractivity contribution in [2.75, 3.05) is 31.1 Å². The lowest BCUT2D eigenvalue weighted by Crippen LogP contribution is -2.44. The molecule has 2 aromatic rings. The molecule has 0 atom stereocenters. The molecule has 2 aromatic heterocycles. The Labute approximate surface area is 120 Å². The Bertz CT molecular complexity index is 828. The Hall–Kier alpha value is -2.53. The summed E-state index contributed by atoms with van der Waals surface area (Å²) in [6.45, 7) is 5.41. The topological polar surface area (TPSA) is 98.8 Å². The fraction of sp³-hybridized carbons (Fsp3) is 0.462. The zero-order chi connectivity index (χ0) is 14.8. The van der Waals surface area contributed by atoms with Crippen molar-refractivity contribution >= 4 is 17.1 Å². The van der Waals surface area contributed by atoms with E-state index in [1.807, 2.05) is 0 Å². The van der Waals surface area contributed by atoms with E-state index in [9.17, 15) is 9.59 Å². The molecule has 8 heteroatoms. The van der Waals surface area contributed by atoms with Gasteiger partial charge in [-0.2, -0.15) is 4.98 Å². The highest BCUT2D eigenvalue weighted by atomic mass is 16.2. The standard InChI is InChI=1S/C13H16N6O2/c1-2-3-6-19-9-10(15-12(21)17-11(9)20)16-13(19)18-7-4-14-5-8-18/h14H,4-8H2,1H3,(H2,15,17,20,21). The Morgan fingerprint density at radius 2 is 2.00 bits per heavy atom. The van der Waals surface area contributed by atoms with Crippen molar-refractivity contribution in [2.24, 2.45) is 0 Å². The third-order valence-corrected chi connectivity index (χ3v) is 3.44. The number of H-pyrrole nitrogens is 2. The molecule has 3 heterocycles. The van der Waals surface area contributed by atoms with E-state index in [4.69, 9.17) is 0 Å². The average molecular weight is 288 g/mol. The fourth-order valence-electron chi connectivity index (χ4n) is 2.47. The summed E-state index contributed by atoms with van der Waals surface area (Å²) < 4.78 is 1.76. The Kier molecular flexibility index (Phi) is 3.50. The normalized spacial score (nSPS) is 15.0. The molecular formula is C13H16N6O2. The third-order valence-electron chi connectivity index (χ3n) is 3.44. The maximum atomic E-state index is 12.1. The van der Waals surface area contributed by atoms with Crippen molar-refractivity contribution in [3.63, 3.8) is 0 Å². The number of hydrogen-bond donors (Lipinski definition) is 3. The van der Waals surface area contributed by atoms with Crippen molar-refractivity contribution in [2.45, 2.75) is 13.5 Å². The first-order valence-corrected chi connectivity index (χ1v) is 6.79. The van der Waals surface area contributed by atoms with Crippen molar-refractivity contribution < 1.29 is 0 Å². The highest BCUT2D eigenvalue weighted by Gasteiger charge is 2.20. The number of rotatable bonds is 2. The first kappa shape index (κ1) is 13.5. The van der Waals surface area contributed by atoms with Crippen molar-refractivity contribution in [3.8, 4) is 11.8 Å². The number of nitrogens with zero attached hydrogens (tertiary/aromatic N) is 3. The molecule has 0 bridgehead atoms. The minimum Gasteiger partial charge on any atom is -0.340 e. The summed E-state index contributed by atoms with van der Waals surface area (Å²) in [6.07, 6.45) is 0. The van der Waals surface area contributed by atoms with Crippen LogP contribution in [0.1, 0.15) is 6.92 Å². The second-order valence-corrected chi connectivity index (χ2v) is 4.77. The summed E-state index contributed by atoms with van der Waals surface area (Å²) in [4.78, 5) is 34.8. The predicted octanol–water partition coefficient (Wildman–Crippen LogP) is -1.15. The van der Waals surface area contributed by atoms with Crippen LogP contribution in [0.25, 0.3) is 11.2 Å². The number of piperazine rings is 1. The minimum atomic E-state index is -0.550. The van der Waals surface area contributed by atoms with Gasteiger partial charge in [-0.25, -0.2) is 4.79 Å². The fourth-order valence-corrected chi connectivity index (χ4v) is 2.47. The largest absolute Gasteiger partial charge is 0.340 e. The van der Waals surface area contributed by atoms with Crippen LogP contribution in [0.15, 0.2) is 9.59 Å². The van der Waals surface area contributed by atoms with Crippen LogP contribution in [0.3, 0.4) is 0 Å². The summed E-state index contributed by atoms with van der Waals surface area (Å²) in [5.74, 6) is 6.44. The van der Waals surface area contributed by atoms with Gasteiger partial charge >= 0.3 is 5.69 Å². The van der Waals surface area contributed by atoms with Crippen LogP contribution >= 0.6 is 0 Å². The van der Waals surface area contributed by atoms with E-state index >= 15 is 0 Å². The zero-order valence-electron chi connectivity index (χ0n) is 11.7. The summed E-state index contributed by atoms with van der Waals surface area (Å²) >= 11 is 0. The van der Waals surface area contributed by atoms with Gasteiger partial charge in [-0.05, 0) is 6.92 Å². The van der Waals surface area contributed by atoms with E-state index in [0.717, 1.165) is 26.2 Å². The lowest BCUT2D eigenvalue weighted by molar-refractivity contribution is 0.573. The quantitative estimate of drug-likeness (QED) is 0.606. The molecule has 0 amide bonds. The zero-order valence-corrected chi connectivity index (χ0v) is 11.7. The van der Waals surface area contributed by atoms with Gasteiger partial charge in [0.1, 0.15) is 0 Å². The molecule has 21 heavy (non-hydrogen) atoms. The van der Waals surface area contributed by atoms with Gasteiger partial charge in [0.05, 0.1) is 6.54 Å². The molecule has 1 aliphatic rings. The summed E-state index contributed by atoms with van der Waals surface area (Å²) in [7, 11) is 0. The summed E-state index contributed by atoms with van der Waals surface area (Å²) in [6, 6.07) is 0. The van der Waals surface area contributed by atoms with Crippen LogP contribution in [0.5, 0.6) is 0 Å². The van der Waals surface area contributed by atoms with E-state index in [-0.39, 0.29) is 0 Å². The van der Waals surface area contributed by atoms with Gasteiger partial charge in [-0.1, -0.05) is 5.92 Å². The number of imidazole rings is 1.